The second-order valence-corrected chi connectivity index (χ2v) is 15.0. The number of carboxylic acid groups (broad SMARTS) is 1. The van der Waals surface area contributed by atoms with E-state index in [-0.39, 0.29) is 18.9 Å². The van der Waals surface area contributed by atoms with E-state index in [1.807, 2.05) is 0 Å². The van der Waals surface area contributed by atoms with E-state index in [9.17, 15) is 65.8 Å². The van der Waals surface area contributed by atoms with Gasteiger partial charge in [-0.15, -0.1) is 11.3 Å². The predicted octanol–water partition coefficient (Wildman–Crippen LogP) is -6.32. The first-order valence-corrected chi connectivity index (χ1v) is 19.5. The van der Waals surface area contributed by atoms with Crippen LogP contribution >= 0.6 is 11.3 Å². The van der Waals surface area contributed by atoms with Crippen molar-refractivity contribution in [3.8, 4) is 0 Å². The minimum absolute atomic E-state index is 0.0281. The highest BCUT2D eigenvalue weighted by molar-refractivity contribution is 7.16. The van der Waals surface area contributed by atoms with Crippen LogP contribution in [0, 0.1) is 0 Å². The zero-order chi connectivity index (χ0) is 44.6. The SMILES string of the molecule is NCCOC1OC(CO)C(OC2OC(CO[C@]3(C(=O)O)C[C@@H](O)C(NC(=O)OCC(C=Nc4ccc5scnc5c4)=NN)C([C@H](O)[C@H](O)CO)O3)C(O)C(O)C2O)C(O)C1O. The van der Waals surface area contributed by atoms with Gasteiger partial charge in [-0.3, -0.25) is 4.99 Å². The lowest BCUT2D eigenvalue weighted by molar-refractivity contribution is -0.367. The van der Waals surface area contributed by atoms with E-state index in [0.29, 0.717) is 11.2 Å². The lowest BCUT2D eigenvalue weighted by Crippen LogP contribution is -2.68. The molecular formula is C34H50N6O20S. The molecule has 26 nitrogen and oxygen atoms in total. The number of carbonyl (C=O) groups excluding carboxylic acids is 1. The van der Waals surface area contributed by atoms with Crippen LogP contribution in [0.4, 0.5) is 10.5 Å². The smallest absolute Gasteiger partial charge is 0.407 e. The van der Waals surface area contributed by atoms with Gasteiger partial charge in [-0.25, -0.2) is 14.6 Å². The largest absolute Gasteiger partial charge is 0.477 e. The number of aliphatic imine (C=N–C) groups is 1. The van der Waals surface area contributed by atoms with E-state index in [1.54, 1.807) is 23.7 Å². The number of aliphatic carboxylic acids is 1. The molecule has 4 heterocycles. The summed E-state index contributed by atoms with van der Waals surface area (Å²) < 4.78 is 39.2. The average molecular weight is 895 g/mol. The number of nitrogens with zero attached hydrogens (tertiary/aromatic N) is 3. The van der Waals surface area contributed by atoms with Crippen LogP contribution in [0.3, 0.4) is 0 Å². The Bertz CT molecular complexity index is 1810. The van der Waals surface area contributed by atoms with Crippen molar-refractivity contribution in [2.24, 2.45) is 21.7 Å². The molecule has 12 unspecified atom stereocenters. The molecule has 27 heteroatoms. The van der Waals surface area contributed by atoms with E-state index in [0.717, 1.165) is 4.70 Å². The number of carbonyl (C=O) groups is 2. The molecule has 0 radical (unpaired) electrons. The third-order valence-corrected chi connectivity index (χ3v) is 10.8. The number of alkyl carbamates (subject to hydrolysis) is 1. The number of aromatic nitrogens is 1. The van der Waals surface area contributed by atoms with Crippen molar-refractivity contribution < 1.29 is 98.9 Å². The number of thiazole rings is 1. The fourth-order valence-electron chi connectivity index (χ4n) is 6.62. The van der Waals surface area contributed by atoms with Crippen molar-refractivity contribution >= 4 is 51.2 Å². The molecule has 1 aromatic carbocycles. The number of carboxylic acids is 1. The van der Waals surface area contributed by atoms with Crippen LogP contribution in [-0.2, 0) is 38.0 Å². The number of hydrogen-bond acceptors (Lipinski definition) is 25. The van der Waals surface area contributed by atoms with Crippen LogP contribution in [0.1, 0.15) is 6.42 Å². The topological polar surface area (TPSA) is 423 Å². The number of hydrogen-bond donors (Lipinski definition) is 14. The van der Waals surface area contributed by atoms with Crippen molar-refractivity contribution in [1.29, 1.82) is 0 Å². The van der Waals surface area contributed by atoms with E-state index in [2.05, 4.69) is 20.4 Å². The molecule has 61 heavy (non-hydrogen) atoms. The van der Waals surface area contributed by atoms with Crippen LogP contribution < -0.4 is 16.9 Å². The number of hydrazone groups is 1. The summed E-state index contributed by atoms with van der Waals surface area (Å²) in [6.07, 6.45) is -27.3. The van der Waals surface area contributed by atoms with E-state index in [4.69, 9.17) is 44.7 Å². The lowest BCUT2D eigenvalue weighted by atomic mass is 9.88. The van der Waals surface area contributed by atoms with Crippen LogP contribution in [0.2, 0.25) is 0 Å². The zero-order valence-corrected chi connectivity index (χ0v) is 32.8. The molecule has 2 aromatic rings. The van der Waals surface area contributed by atoms with Crippen molar-refractivity contribution in [3.05, 3.63) is 23.7 Å². The Kier molecular flexibility index (Phi) is 17.1. The molecule has 3 saturated heterocycles. The molecule has 16 atom stereocenters. The van der Waals surface area contributed by atoms with Gasteiger partial charge in [-0.1, -0.05) is 0 Å². The van der Waals surface area contributed by atoms with Gasteiger partial charge in [0.15, 0.2) is 12.6 Å². The zero-order valence-electron chi connectivity index (χ0n) is 32.0. The number of ether oxygens (including phenoxy) is 7. The molecule has 3 aliphatic heterocycles. The number of benzene rings is 1. The minimum Gasteiger partial charge on any atom is -0.477 e. The summed E-state index contributed by atoms with van der Waals surface area (Å²) in [4.78, 5) is 34.2. The van der Waals surface area contributed by atoms with Gasteiger partial charge in [0, 0.05) is 13.0 Å². The highest BCUT2D eigenvalue weighted by Crippen LogP contribution is 2.36. The molecule has 3 aliphatic rings. The summed E-state index contributed by atoms with van der Waals surface area (Å²) in [6, 6.07) is 3.46. The van der Waals surface area contributed by atoms with Gasteiger partial charge >= 0.3 is 12.1 Å². The number of nitrogens with one attached hydrogen (secondary N) is 1. The summed E-state index contributed by atoms with van der Waals surface area (Å²) in [5.41, 5.74) is 8.21. The maximum Gasteiger partial charge on any atom is 0.407 e. The molecule has 16 N–H and O–H groups in total. The van der Waals surface area contributed by atoms with Gasteiger partial charge in [0.1, 0.15) is 79.5 Å². The van der Waals surface area contributed by atoms with Crippen LogP contribution in [-0.4, -0.2) is 222 Å². The summed E-state index contributed by atoms with van der Waals surface area (Å²) >= 11 is 1.43. The fraction of sp³-hybridized carbons (Fsp3) is 0.676. The average Bonchev–Trinajstić information content (AvgIpc) is 3.73. The fourth-order valence-corrected chi connectivity index (χ4v) is 7.28. The molecule has 3 fully saturated rings. The van der Waals surface area contributed by atoms with Gasteiger partial charge in [-0.2, -0.15) is 5.10 Å². The van der Waals surface area contributed by atoms with E-state index >= 15 is 0 Å². The summed E-state index contributed by atoms with van der Waals surface area (Å²) in [7, 11) is 0. The highest BCUT2D eigenvalue weighted by atomic mass is 32.1. The molecule has 1 amide bonds. The number of aliphatic hydroxyl groups is 10. The van der Waals surface area contributed by atoms with E-state index < -0.39 is 143 Å². The van der Waals surface area contributed by atoms with Crippen LogP contribution in [0.5, 0.6) is 0 Å². The number of nitrogens with two attached hydrogens (primary N) is 2. The second-order valence-electron chi connectivity index (χ2n) is 14.1. The minimum atomic E-state index is -2.96. The van der Waals surface area contributed by atoms with Crippen LogP contribution in [0.15, 0.2) is 33.8 Å². The molecule has 0 saturated carbocycles. The first-order chi connectivity index (χ1) is 29.1. The Labute approximate surface area is 349 Å². The lowest BCUT2D eigenvalue weighted by Gasteiger charge is -2.48. The molecular weight excluding hydrogens is 844 g/mol. The number of rotatable bonds is 18. The van der Waals surface area contributed by atoms with Gasteiger partial charge < -0.3 is 106 Å². The molecule has 0 bridgehead atoms. The molecule has 0 spiro atoms. The van der Waals surface area contributed by atoms with Crippen molar-refractivity contribution in [1.82, 2.24) is 10.3 Å². The van der Waals surface area contributed by atoms with Crippen molar-refractivity contribution in [2.75, 3.05) is 39.6 Å². The molecule has 5 rings (SSSR count). The summed E-state index contributed by atoms with van der Waals surface area (Å²) in [5, 5.41) is 122. The van der Waals surface area contributed by atoms with Crippen LogP contribution in [0.25, 0.3) is 10.2 Å². The Morgan fingerprint density at radius 3 is 2.43 bits per heavy atom. The highest BCUT2D eigenvalue weighted by Gasteiger charge is 2.57. The van der Waals surface area contributed by atoms with E-state index in [1.165, 1.54) is 17.6 Å². The first-order valence-electron chi connectivity index (χ1n) is 18.6. The normalized spacial score (nSPS) is 35.9. The molecule has 342 valence electrons. The van der Waals surface area contributed by atoms with Gasteiger partial charge in [0.2, 0.25) is 0 Å². The standard InChI is InChI=1S/C34H50N6O20S/c35-3-4-54-30-27(50)25(48)28(18(9-42)57-30)59-31-26(49)24(47)23(46)19(58-31)11-56-34(32(51)52)6-16(43)21(29(60-34)22(45)17(44)8-41)39-33(53)55-10-14(40-36)7-37-13-1-2-20-15(5-13)38-12-61-20/h1-2,5,7,12,16-19,21-31,41-50H,3-4,6,8-11,35-36H2,(H,39,53)(H,51,52)/t16-,17-,18?,19?,21?,22-,23?,24?,25?,26?,27?,28?,29?,30?,31?,34-/m1/s1. The molecule has 0 aliphatic carbocycles. The number of fused-ring (bicyclic) bond motifs is 1. The predicted molar refractivity (Wildman–Crippen MR) is 203 cm³/mol. The Morgan fingerprint density at radius 1 is 1.03 bits per heavy atom. The monoisotopic (exact) mass is 894 g/mol. The third-order valence-electron chi connectivity index (χ3n) is 9.96. The maximum absolute atomic E-state index is 13.0. The quantitative estimate of drug-likeness (QED) is 0.0376. The second kappa shape index (κ2) is 21.6. The Morgan fingerprint density at radius 2 is 1.75 bits per heavy atom. The van der Waals surface area contributed by atoms with Crippen molar-refractivity contribution in [2.45, 2.75) is 104 Å². The number of aliphatic hydroxyl groups excluding tert-OH is 10. The third kappa shape index (κ3) is 11.3. The maximum atomic E-state index is 13.0. The van der Waals surface area contributed by atoms with Gasteiger partial charge in [-0.05, 0) is 18.2 Å². The molecule has 1 aromatic heterocycles. The van der Waals surface area contributed by atoms with Gasteiger partial charge in [0.05, 0.1) is 66.2 Å². The Balaban J connectivity index is 1.26. The van der Waals surface area contributed by atoms with Crippen molar-refractivity contribution in [3.63, 3.8) is 0 Å². The summed E-state index contributed by atoms with van der Waals surface area (Å²) in [6.45, 7) is -3.57. The summed E-state index contributed by atoms with van der Waals surface area (Å²) in [5.74, 6) is 0.531. The van der Waals surface area contributed by atoms with Gasteiger partial charge in [0.25, 0.3) is 5.79 Å². The number of amides is 1. The first kappa shape index (κ1) is 48.3. The Hall–Kier alpha value is -3.69.